The molecule has 0 N–H and O–H groups in total. The summed E-state index contributed by atoms with van der Waals surface area (Å²) in [5.41, 5.74) is 0.575. The molecule has 8 heteroatoms. The van der Waals surface area contributed by atoms with Gasteiger partial charge in [-0.05, 0) is 30.3 Å². The molecule has 0 atom stereocenters. The van der Waals surface area contributed by atoms with Crippen LogP contribution in [0.3, 0.4) is 0 Å². The Morgan fingerprint density at radius 2 is 1.55 bits per heavy atom. The van der Waals surface area contributed by atoms with Crippen molar-refractivity contribution >= 4 is 17.7 Å². The standard InChI is InChI=1S/C25H27N5O3/c31-24(21-8-4-5-9-22(21)33-20-6-2-1-3-7-20)29-14-12-28(13-15-29)23-10-11-26-25(27-23)30-16-18-32-19-17-30/h1-11H,12-19H2. The number of amides is 1. The van der Waals surface area contributed by atoms with E-state index in [0.717, 1.165) is 24.9 Å². The lowest BCUT2D eigenvalue weighted by Gasteiger charge is -2.36. The van der Waals surface area contributed by atoms with Gasteiger partial charge in [-0.1, -0.05) is 30.3 Å². The van der Waals surface area contributed by atoms with Crippen molar-refractivity contribution in [3.63, 3.8) is 0 Å². The van der Waals surface area contributed by atoms with Crippen LogP contribution in [0.5, 0.6) is 11.5 Å². The lowest BCUT2D eigenvalue weighted by molar-refractivity contribution is 0.0744. The molecule has 2 aliphatic heterocycles. The maximum atomic E-state index is 13.3. The quantitative estimate of drug-likeness (QED) is 0.598. The van der Waals surface area contributed by atoms with Crippen molar-refractivity contribution in [3.05, 3.63) is 72.4 Å². The fourth-order valence-electron chi connectivity index (χ4n) is 4.09. The first-order valence-corrected chi connectivity index (χ1v) is 11.3. The SMILES string of the molecule is O=C(c1ccccc1Oc1ccccc1)N1CCN(c2ccnc(N3CCOCC3)n2)CC1. The van der Waals surface area contributed by atoms with E-state index in [9.17, 15) is 4.79 Å². The molecule has 0 spiro atoms. The van der Waals surface area contributed by atoms with Crippen LogP contribution in [0, 0.1) is 0 Å². The highest BCUT2D eigenvalue weighted by Crippen LogP contribution is 2.27. The van der Waals surface area contributed by atoms with Crippen molar-refractivity contribution in [2.75, 3.05) is 62.3 Å². The summed E-state index contributed by atoms with van der Waals surface area (Å²) in [5, 5.41) is 0. The molecule has 1 aromatic heterocycles. The van der Waals surface area contributed by atoms with Crippen LogP contribution in [0.4, 0.5) is 11.8 Å². The first-order chi connectivity index (χ1) is 16.3. The average molecular weight is 446 g/mol. The van der Waals surface area contributed by atoms with Crippen LogP contribution >= 0.6 is 0 Å². The summed E-state index contributed by atoms with van der Waals surface area (Å²) < 4.78 is 11.4. The van der Waals surface area contributed by atoms with Gasteiger partial charge in [-0.25, -0.2) is 4.98 Å². The average Bonchev–Trinajstić information content (AvgIpc) is 2.90. The predicted octanol–water partition coefficient (Wildman–Crippen LogP) is 3.07. The number of nitrogens with zero attached hydrogens (tertiary/aromatic N) is 5. The highest BCUT2D eigenvalue weighted by molar-refractivity contribution is 5.97. The number of hydrogen-bond acceptors (Lipinski definition) is 7. The van der Waals surface area contributed by atoms with Gasteiger partial charge in [-0.2, -0.15) is 4.98 Å². The molecule has 0 radical (unpaired) electrons. The Balaban J connectivity index is 1.24. The lowest BCUT2D eigenvalue weighted by Crippen LogP contribution is -2.49. The largest absolute Gasteiger partial charge is 0.457 e. The first-order valence-electron chi connectivity index (χ1n) is 11.3. The number of para-hydroxylation sites is 2. The number of ether oxygens (including phenoxy) is 2. The van der Waals surface area contributed by atoms with E-state index in [-0.39, 0.29) is 5.91 Å². The molecule has 2 fully saturated rings. The third-order valence-electron chi connectivity index (χ3n) is 5.90. The second-order valence-electron chi connectivity index (χ2n) is 8.00. The molecule has 33 heavy (non-hydrogen) atoms. The van der Waals surface area contributed by atoms with Crippen molar-refractivity contribution in [3.8, 4) is 11.5 Å². The number of rotatable bonds is 5. The van der Waals surface area contributed by atoms with Crippen LogP contribution in [-0.2, 0) is 4.74 Å². The highest BCUT2D eigenvalue weighted by atomic mass is 16.5. The molecule has 0 saturated carbocycles. The Morgan fingerprint density at radius 3 is 2.33 bits per heavy atom. The predicted molar refractivity (Wildman–Crippen MR) is 126 cm³/mol. The minimum atomic E-state index is -0.0159. The Labute approximate surface area is 193 Å². The highest BCUT2D eigenvalue weighted by Gasteiger charge is 2.25. The maximum Gasteiger partial charge on any atom is 0.257 e. The zero-order chi connectivity index (χ0) is 22.5. The third-order valence-corrected chi connectivity index (χ3v) is 5.90. The number of anilines is 2. The van der Waals surface area contributed by atoms with Gasteiger partial charge in [0.05, 0.1) is 18.8 Å². The molecule has 3 heterocycles. The van der Waals surface area contributed by atoms with Crippen LogP contribution < -0.4 is 14.5 Å². The Hall–Kier alpha value is -3.65. The van der Waals surface area contributed by atoms with Gasteiger partial charge in [-0.3, -0.25) is 4.79 Å². The molecule has 8 nitrogen and oxygen atoms in total. The summed E-state index contributed by atoms with van der Waals surface area (Å²) in [7, 11) is 0. The van der Waals surface area contributed by atoms with E-state index in [1.54, 1.807) is 0 Å². The molecule has 0 bridgehead atoms. The van der Waals surface area contributed by atoms with Crippen LogP contribution in [0.15, 0.2) is 66.9 Å². The van der Waals surface area contributed by atoms with E-state index in [0.29, 0.717) is 56.5 Å². The number of benzene rings is 2. The molecular formula is C25H27N5O3. The van der Waals surface area contributed by atoms with Gasteiger partial charge in [0.15, 0.2) is 0 Å². The van der Waals surface area contributed by atoms with Crippen LogP contribution in [0.2, 0.25) is 0 Å². The number of hydrogen-bond donors (Lipinski definition) is 0. The van der Waals surface area contributed by atoms with E-state index in [1.807, 2.05) is 71.8 Å². The number of carbonyl (C=O) groups excluding carboxylic acids is 1. The third kappa shape index (κ3) is 4.90. The topological polar surface area (TPSA) is 71.0 Å². The van der Waals surface area contributed by atoms with E-state index < -0.39 is 0 Å². The van der Waals surface area contributed by atoms with Gasteiger partial charge >= 0.3 is 0 Å². The molecule has 1 amide bonds. The maximum absolute atomic E-state index is 13.3. The minimum Gasteiger partial charge on any atom is -0.457 e. The van der Waals surface area contributed by atoms with E-state index in [1.165, 1.54) is 0 Å². The number of aromatic nitrogens is 2. The van der Waals surface area contributed by atoms with Crippen LogP contribution in [0.25, 0.3) is 0 Å². The summed E-state index contributed by atoms with van der Waals surface area (Å²) in [5.74, 6) is 2.90. The molecule has 2 aliphatic rings. The number of morpholine rings is 1. The Kier molecular flexibility index (Phi) is 6.34. The van der Waals surface area contributed by atoms with Crippen molar-refractivity contribution in [1.29, 1.82) is 0 Å². The van der Waals surface area contributed by atoms with Crippen molar-refractivity contribution in [1.82, 2.24) is 14.9 Å². The smallest absolute Gasteiger partial charge is 0.257 e. The molecular weight excluding hydrogens is 418 g/mol. The van der Waals surface area contributed by atoms with Gasteiger partial charge in [-0.15, -0.1) is 0 Å². The second-order valence-corrected chi connectivity index (χ2v) is 8.00. The van der Waals surface area contributed by atoms with Gasteiger partial charge in [0.25, 0.3) is 5.91 Å². The molecule has 2 aromatic carbocycles. The summed E-state index contributed by atoms with van der Waals surface area (Å²) in [6.07, 6.45) is 1.81. The van der Waals surface area contributed by atoms with Crippen molar-refractivity contribution in [2.45, 2.75) is 0 Å². The summed E-state index contributed by atoms with van der Waals surface area (Å²) >= 11 is 0. The molecule has 3 aromatic rings. The molecule has 0 unspecified atom stereocenters. The molecule has 170 valence electrons. The molecule has 0 aliphatic carbocycles. The zero-order valence-electron chi connectivity index (χ0n) is 18.5. The van der Waals surface area contributed by atoms with Gasteiger partial charge in [0.1, 0.15) is 17.3 Å². The van der Waals surface area contributed by atoms with Crippen LogP contribution in [-0.4, -0.2) is 73.3 Å². The monoisotopic (exact) mass is 445 g/mol. The van der Waals surface area contributed by atoms with Crippen molar-refractivity contribution in [2.24, 2.45) is 0 Å². The van der Waals surface area contributed by atoms with E-state index in [4.69, 9.17) is 14.5 Å². The normalized spacial score (nSPS) is 16.5. The fourth-order valence-corrected chi connectivity index (χ4v) is 4.09. The summed E-state index contributed by atoms with van der Waals surface area (Å²) in [6, 6.07) is 18.9. The summed E-state index contributed by atoms with van der Waals surface area (Å²) in [6.45, 7) is 5.67. The Bertz CT molecular complexity index is 1080. The van der Waals surface area contributed by atoms with Gasteiger partial charge in [0.2, 0.25) is 5.95 Å². The minimum absolute atomic E-state index is 0.0159. The number of piperazine rings is 1. The lowest BCUT2D eigenvalue weighted by atomic mass is 10.1. The first kappa shape index (κ1) is 21.2. The fraction of sp³-hybridized carbons (Fsp3) is 0.320. The van der Waals surface area contributed by atoms with Crippen LogP contribution in [0.1, 0.15) is 10.4 Å². The summed E-state index contributed by atoms with van der Waals surface area (Å²) in [4.78, 5) is 28.7. The van der Waals surface area contributed by atoms with Gasteiger partial charge in [0, 0.05) is 45.5 Å². The van der Waals surface area contributed by atoms with Crippen molar-refractivity contribution < 1.29 is 14.3 Å². The number of carbonyl (C=O) groups is 1. The van der Waals surface area contributed by atoms with E-state index in [2.05, 4.69) is 14.8 Å². The zero-order valence-corrected chi connectivity index (χ0v) is 18.5. The van der Waals surface area contributed by atoms with Gasteiger partial charge < -0.3 is 24.2 Å². The molecule has 5 rings (SSSR count). The molecule has 2 saturated heterocycles. The Morgan fingerprint density at radius 1 is 0.818 bits per heavy atom. The van der Waals surface area contributed by atoms with E-state index >= 15 is 0 Å². The second kappa shape index (κ2) is 9.87.